The van der Waals surface area contributed by atoms with E-state index in [1.165, 1.54) is 47.0 Å². The quantitative estimate of drug-likeness (QED) is 0.416. The van der Waals surface area contributed by atoms with Gasteiger partial charge in [-0.3, -0.25) is 4.79 Å². The number of hydrogen-bond acceptors (Lipinski definition) is 7. The highest BCUT2D eigenvalue weighted by Gasteiger charge is 2.26. The van der Waals surface area contributed by atoms with E-state index in [1.807, 2.05) is 6.07 Å². The first-order chi connectivity index (χ1) is 17.3. The molecule has 0 bridgehead atoms. The van der Waals surface area contributed by atoms with Crippen LogP contribution in [0.15, 0.2) is 46.3 Å². The second-order valence-corrected chi connectivity index (χ2v) is 11.3. The lowest BCUT2D eigenvalue weighted by atomic mass is 10.2. The SMILES string of the molecule is C#CCn1c(=NC(=O)c2ccc(S(=O)(=O)N(C)CC3CCCO3)cc2)sc2cc(OC)c(OC)cc21. The molecule has 36 heavy (non-hydrogen) atoms. The van der Waals surface area contributed by atoms with Crippen molar-refractivity contribution in [2.24, 2.45) is 4.99 Å². The zero-order valence-electron chi connectivity index (χ0n) is 20.3. The summed E-state index contributed by atoms with van der Waals surface area (Å²) < 4.78 is 46.0. The molecular weight excluding hydrogens is 502 g/mol. The van der Waals surface area contributed by atoms with Crippen molar-refractivity contribution in [1.29, 1.82) is 0 Å². The Hall–Kier alpha value is -3.17. The van der Waals surface area contributed by atoms with Gasteiger partial charge in [-0.05, 0) is 37.1 Å². The van der Waals surface area contributed by atoms with Crippen molar-refractivity contribution in [3.05, 3.63) is 46.8 Å². The van der Waals surface area contributed by atoms with Gasteiger partial charge in [0.15, 0.2) is 16.3 Å². The van der Waals surface area contributed by atoms with Crippen molar-refractivity contribution >= 4 is 37.5 Å². The molecule has 1 aliphatic heterocycles. The van der Waals surface area contributed by atoms with Crippen molar-refractivity contribution in [1.82, 2.24) is 8.87 Å². The maximum Gasteiger partial charge on any atom is 0.279 e. The number of nitrogens with zero attached hydrogens (tertiary/aromatic N) is 3. The summed E-state index contributed by atoms with van der Waals surface area (Å²) in [6, 6.07) is 9.36. The van der Waals surface area contributed by atoms with Crippen LogP contribution in [0.1, 0.15) is 23.2 Å². The lowest BCUT2D eigenvalue weighted by Crippen LogP contribution is -2.34. The van der Waals surface area contributed by atoms with Crippen LogP contribution in [0.25, 0.3) is 10.2 Å². The zero-order chi connectivity index (χ0) is 25.9. The third-order valence-electron chi connectivity index (χ3n) is 5.93. The summed E-state index contributed by atoms with van der Waals surface area (Å²) in [5, 5.41) is 0. The second-order valence-electron chi connectivity index (χ2n) is 8.21. The predicted molar refractivity (Wildman–Crippen MR) is 137 cm³/mol. The fourth-order valence-electron chi connectivity index (χ4n) is 4.00. The van der Waals surface area contributed by atoms with E-state index in [9.17, 15) is 13.2 Å². The second kappa shape index (κ2) is 10.8. The van der Waals surface area contributed by atoms with Gasteiger partial charge in [0.25, 0.3) is 5.91 Å². The summed E-state index contributed by atoms with van der Waals surface area (Å²) in [7, 11) is 0.909. The highest BCUT2D eigenvalue weighted by Crippen LogP contribution is 2.33. The van der Waals surface area contributed by atoms with Crippen LogP contribution >= 0.6 is 11.3 Å². The lowest BCUT2D eigenvalue weighted by molar-refractivity contribution is 0.0979. The summed E-state index contributed by atoms with van der Waals surface area (Å²) in [4.78, 5) is 17.8. The highest BCUT2D eigenvalue weighted by atomic mass is 32.2. The number of amides is 1. The van der Waals surface area contributed by atoms with E-state index < -0.39 is 15.9 Å². The molecule has 0 aliphatic carbocycles. The molecule has 0 N–H and O–H groups in total. The van der Waals surface area contributed by atoms with Gasteiger partial charge < -0.3 is 18.8 Å². The summed E-state index contributed by atoms with van der Waals surface area (Å²) in [5.74, 6) is 3.17. The van der Waals surface area contributed by atoms with Gasteiger partial charge in [0.1, 0.15) is 0 Å². The van der Waals surface area contributed by atoms with Crippen molar-refractivity contribution in [2.75, 3.05) is 34.4 Å². The van der Waals surface area contributed by atoms with E-state index in [-0.39, 0.29) is 29.7 Å². The van der Waals surface area contributed by atoms with Crippen LogP contribution in [0.5, 0.6) is 11.5 Å². The number of carbonyl (C=O) groups excluding carboxylic acids is 1. The molecule has 0 spiro atoms. The summed E-state index contributed by atoms with van der Waals surface area (Å²) >= 11 is 1.29. The van der Waals surface area contributed by atoms with Crippen molar-refractivity contribution in [3.8, 4) is 23.8 Å². The van der Waals surface area contributed by atoms with Crippen LogP contribution in [0.4, 0.5) is 0 Å². The number of benzene rings is 2. The summed E-state index contributed by atoms with van der Waals surface area (Å²) in [6.45, 7) is 1.14. The van der Waals surface area contributed by atoms with Crippen LogP contribution in [0, 0.1) is 12.3 Å². The topological polar surface area (TPSA) is 99.4 Å². The van der Waals surface area contributed by atoms with Gasteiger partial charge in [-0.25, -0.2) is 8.42 Å². The van der Waals surface area contributed by atoms with E-state index in [4.69, 9.17) is 20.6 Å². The van der Waals surface area contributed by atoms with Crippen molar-refractivity contribution < 1.29 is 27.4 Å². The number of ether oxygens (including phenoxy) is 3. The molecule has 1 amide bonds. The molecule has 1 saturated heterocycles. The molecule has 2 aromatic carbocycles. The Bertz CT molecular complexity index is 1480. The van der Waals surface area contributed by atoms with Crippen LogP contribution in [-0.2, 0) is 21.3 Å². The number of carbonyl (C=O) groups is 1. The first-order valence-electron chi connectivity index (χ1n) is 11.2. The number of terminal acetylenes is 1. The number of hydrogen-bond donors (Lipinski definition) is 0. The predicted octanol–water partition coefficient (Wildman–Crippen LogP) is 2.89. The molecule has 9 nitrogen and oxygen atoms in total. The van der Waals surface area contributed by atoms with E-state index in [0.29, 0.717) is 22.9 Å². The van der Waals surface area contributed by atoms with Gasteiger partial charge in [-0.1, -0.05) is 17.3 Å². The Balaban J connectivity index is 1.63. The number of aromatic nitrogens is 1. The Kier molecular flexibility index (Phi) is 7.80. The van der Waals surface area contributed by atoms with Crippen LogP contribution < -0.4 is 14.3 Å². The monoisotopic (exact) mass is 529 g/mol. The van der Waals surface area contributed by atoms with E-state index >= 15 is 0 Å². The fraction of sp³-hybridized carbons (Fsp3) is 0.360. The van der Waals surface area contributed by atoms with E-state index in [0.717, 1.165) is 23.1 Å². The molecule has 0 saturated carbocycles. The Morgan fingerprint density at radius 1 is 1.25 bits per heavy atom. The maximum atomic E-state index is 13.0. The molecule has 190 valence electrons. The fourth-order valence-corrected chi connectivity index (χ4v) is 6.24. The minimum absolute atomic E-state index is 0.0969. The van der Waals surface area contributed by atoms with Crippen LogP contribution in [0.3, 0.4) is 0 Å². The number of likely N-dealkylation sites (N-methyl/N-ethyl adjacent to an activating group) is 1. The number of sulfonamides is 1. The van der Waals surface area contributed by atoms with Gasteiger partial charge >= 0.3 is 0 Å². The van der Waals surface area contributed by atoms with Gasteiger partial charge in [-0.2, -0.15) is 9.30 Å². The molecule has 4 rings (SSSR count). The number of rotatable bonds is 8. The number of thiazole rings is 1. The third kappa shape index (κ3) is 5.17. The molecule has 3 aromatic rings. The number of methoxy groups -OCH3 is 2. The molecule has 11 heteroatoms. The Morgan fingerprint density at radius 3 is 2.56 bits per heavy atom. The van der Waals surface area contributed by atoms with E-state index in [1.54, 1.807) is 24.9 Å². The lowest BCUT2D eigenvalue weighted by Gasteiger charge is -2.20. The minimum Gasteiger partial charge on any atom is -0.493 e. The normalized spacial score (nSPS) is 16.4. The summed E-state index contributed by atoms with van der Waals surface area (Å²) in [5.41, 5.74) is 1.02. The van der Waals surface area contributed by atoms with Gasteiger partial charge in [0.05, 0.1) is 42.0 Å². The minimum atomic E-state index is -3.71. The summed E-state index contributed by atoms with van der Waals surface area (Å²) in [6.07, 6.45) is 7.24. The largest absolute Gasteiger partial charge is 0.493 e. The van der Waals surface area contributed by atoms with Crippen LogP contribution in [-0.4, -0.2) is 63.7 Å². The van der Waals surface area contributed by atoms with Crippen molar-refractivity contribution in [2.45, 2.75) is 30.4 Å². The molecule has 1 aliphatic rings. The zero-order valence-corrected chi connectivity index (χ0v) is 21.9. The molecule has 2 heterocycles. The first kappa shape index (κ1) is 25.9. The molecule has 1 unspecified atom stereocenters. The highest BCUT2D eigenvalue weighted by molar-refractivity contribution is 7.89. The van der Waals surface area contributed by atoms with Gasteiger partial charge in [-0.15, -0.1) is 6.42 Å². The van der Waals surface area contributed by atoms with E-state index in [2.05, 4.69) is 10.9 Å². The maximum absolute atomic E-state index is 13.0. The number of fused-ring (bicyclic) bond motifs is 1. The Morgan fingerprint density at radius 2 is 1.94 bits per heavy atom. The average molecular weight is 530 g/mol. The molecular formula is C25H27N3O6S2. The third-order valence-corrected chi connectivity index (χ3v) is 8.81. The first-order valence-corrected chi connectivity index (χ1v) is 13.5. The smallest absolute Gasteiger partial charge is 0.279 e. The average Bonchev–Trinajstić information content (AvgIpc) is 3.51. The van der Waals surface area contributed by atoms with Crippen molar-refractivity contribution in [3.63, 3.8) is 0 Å². The van der Waals surface area contributed by atoms with Gasteiger partial charge in [0, 0.05) is 37.9 Å². The molecule has 1 aromatic heterocycles. The molecule has 0 radical (unpaired) electrons. The van der Waals surface area contributed by atoms with Gasteiger partial charge in [0.2, 0.25) is 10.0 Å². The molecule has 1 fully saturated rings. The standard InChI is InChI=1S/C25H27N3O6S2/c1-5-12-28-20-14-21(32-3)22(33-4)15-23(20)35-25(28)26-24(29)17-8-10-19(11-9-17)36(30,31)27(2)16-18-7-6-13-34-18/h1,8-11,14-15,18H,6-7,12-13,16H2,2-4H3. The van der Waals surface area contributed by atoms with Crippen LogP contribution in [0.2, 0.25) is 0 Å². The molecule has 1 atom stereocenters. The Labute approximate surface area is 214 Å².